The Labute approximate surface area is 70.3 Å². The molecule has 2 N–H and O–H groups in total. The lowest BCUT2D eigenvalue weighted by atomic mass is 10.4. The van der Waals surface area contributed by atoms with E-state index in [0.29, 0.717) is 0 Å². The average molecular weight is 179 g/mol. The number of halogens is 1. The van der Waals surface area contributed by atoms with Crippen molar-refractivity contribution in [3.8, 4) is 0 Å². The van der Waals surface area contributed by atoms with E-state index in [2.05, 4.69) is 5.32 Å². The van der Waals surface area contributed by atoms with E-state index in [4.69, 9.17) is 11.6 Å². The van der Waals surface area contributed by atoms with E-state index in [1.54, 1.807) is 13.8 Å². The molecule has 0 aliphatic carbocycles. The molecule has 4 nitrogen and oxygen atoms in total. The van der Waals surface area contributed by atoms with Crippen LogP contribution in [0.15, 0.2) is 0 Å². The van der Waals surface area contributed by atoms with Gasteiger partial charge in [0.2, 0.25) is 5.91 Å². The molecule has 0 aliphatic rings. The number of alkyl halides is 1. The van der Waals surface area contributed by atoms with Gasteiger partial charge >= 0.3 is 6.03 Å². The van der Waals surface area contributed by atoms with Gasteiger partial charge in [0.25, 0.3) is 0 Å². The SMILES string of the molecule is CC(C)NC(=O)NC(=O)CCl. The van der Waals surface area contributed by atoms with Crippen LogP contribution < -0.4 is 10.6 Å². The van der Waals surface area contributed by atoms with Gasteiger partial charge in [-0.2, -0.15) is 0 Å². The summed E-state index contributed by atoms with van der Waals surface area (Å²) in [6.45, 7) is 3.59. The molecule has 0 aromatic rings. The molecule has 0 spiro atoms. The fraction of sp³-hybridized carbons (Fsp3) is 0.667. The topological polar surface area (TPSA) is 58.2 Å². The minimum absolute atomic E-state index is 0.0122. The van der Waals surface area contributed by atoms with E-state index in [0.717, 1.165) is 0 Å². The Morgan fingerprint density at radius 3 is 2.36 bits per heavy atom. The zero-order valence-electron chi connectivity index (χ0n) is 6.48. The number of hydrogen-bond donors (Lipinski definition) is 2. The van der Waals surface area contributed by atoms with Crippen LogP contribution in [0, 0.1) is 0 Å². The third kappa shape index (κ3) is 5.66. The fourth-order valence-electron chi connectivity index (χ4n) is 0.458. The van der Waals surface area contributed by atoms with Gasteiger partial charge in [-0.3, -0.25) is 10.1 Å². The first-order chi connectivity index (χ1) is 5.06. The lowest BCUT2D eigenvalue weighted by Gasteiger charge is -2.07. The average Bonchev–Trinajstić information content (AvgIpc) is 1.85. The fourth-order valence-corrected chi connectivity index (χ4v) is 0.525. The van der Waals surface area contributed by atoms with Gasteiger partial charge in [0, 0.05) is 6.04 Å². The predicted molar refractivity (Wildman–Crippen MR) is 42.5 cm³/mol. The van der Waals surface area contributed by atoms with Crippen molar-refractivity contribution in [3.05, 3.63) is 0 Å². The minimum atomic E-state index is -0.509. The summed E-state index contributed by atoms with van der Waals surface area (Å²) in [5, 5.41) is 4.52. The smallest absolute Gasteiger partial charge is 0.321 e. The first kappa shape index (κ1) is 10.2. The summed E-state index contributed by atoms with van der Waals surface area (Å²) in [5.41, 5.74) is 0. The highest BCUT2D eigenvalue weighted by Gasteiger charge is 2.05. The van der Waals surface area contributed by atoms with Gasteiger partial charge < -0.3 is 5.32 Å². The zero-order chi connectivity index (χ0) is 8.85. The molecule has 0 saturated carbocycles. The molecule has 0 fully saturated rings. The molecule has 0 heterocycles. The Morgan fingerprint density at radius 2 is 2.00 bits per heavy atom. The van der Waals surface area contributed by atoms with Gasteiger partial charge in [-0.05, 0) is 13.8 Å². The summed E-state index contributed by atoms with van der Waals surface area (Å²) < 4.78 is 0. The van der Waals surface area contributed by atoms with Crippen molar-refractivity contribution in [2.75, 3.05) is 5.88 Å². The molecular formula is C6H11ClN2O2. The summed E-state index contributed by atoms with van der Waals surface area (Å²) in [7, 11) is 0. The van der Waals surface area contributed by atoms with Gasteiger partial charge in [0.05, 0.1) is 0 Å². The van der Waals surface area contributed by atoms with Crippen LogP contribution >= 0.6 is 11.6 Å². The lowest BCUT2D eigenvalue weighted by Crippen LogP contribution is -2.42. The highest BCUT2D eigenvalue weighted by molar-refractivity contribution is 6.28. The number of carbonyl (C=O) groups is 2. The van der Waals surface area contributed by atoms with Gasteiger partial charge in [-0.1, -0.05) is 0 Å². The number of rotatable bonds is 2. The summed E-state index contributed by atoms with van der Waals surface area (Å²) in [4.78, 5) is 21.2. The highest BCUT2D eigenvalue weighted by Crippen LogP contribution is 1.78. The van der Waals surface area contributed by atoms with Crippen molar-refractivity contribution in [2.24, 2.45) is 0 Å². The Bertz CT molecular complexity index is 159. The van der Waals surface area contributed by atoms with Crippen molar-refractivity contribution >= 4 is 23.5 Å². The standard InChI is InChI=1S/C6H11ClN2O2/c1-4(2)8-6(11)9-5(10)3-7/h4H,3H2,1-2H3,(H2,8,9,10,11). The third-order valence-electron chi connectivity index (χ3n) is 0.794. The quantitative estimate of drug-likeness (QED) is 0.604. The summed E-state index contributed by atoms with van der Waals surface area (Å²) in [6.07, 6.45) is 0. The second-order valence-electron chi connectivity index (χ2n) is 2.31. The first-order valence-electron chi connectivity index (χ1n) is 3.22. The molecule has 0 atom stereocenters. The van der Waals surface area contributed by atoms with Crippen molar-refractivity contribution in [1.29, 1.82) is 0 Å². The van der Waals surface area contributed by atoms with E-state index in [1.807, 2.05) is 5.32 Å². The van der Waals surface area contributed by atoms with Crippen LogP contribution in [-0.4, -0.2) is 23.9 Å². The molecule has 5 heteroatoms. The van der Waals surface area contributed by atoms with E-state index >= 15 is 0 Å². The van der Waals surface area contributed by atoms with Gasteiger partial charge in [-0.25, -0.2) is 4.79 Å². The van der Waals surface area contributed by atoms with Crippen LogP contribution in [0.1, 0.15) is 13.8 Å². The van der Waals surface area contributed by atoms with Crippen LogP contribution in [0.3, 0.4) is 0 Å². The summed E-state index contributed by atoms with van der Waals surface area (Å²) >= 11 is 5.14. The largest absolute Gasteiger partial charge is 0.336 e. The monoisotopic (exact) mass is 178 g/mol. The maximum absolute atomic E-state index is 10.7. The van der Waals surface area contributed by atoms with Crippen molar-refractivity contribution in [1.82, 2.24) is 10.6 Å². The summed E-state index contributed by atoms with van der Waals surface area (Å²) in [5.74, 6) is -0.698. The van der Waals surface area contributed by atoms with Gasteiger partial charge in [0.1, 0.15) is 5.88 Å². The number of imide groups is 1. The molecule has 0 aromatic carbocycles. The molecule has 0 bridgehead atoms. The van der Waals surface area contributed by atoms with Crippen LogP contribution in [0.4, 0.5) is 4.79 Å². The maximum atomic E-state index is 10.7. The Kier molecular flexibility index (Phi) is 4.61. The molecule has 0 rings (SSSR count). The van der Waals surface area contributed by atoms with Crippen LogP contribution in [0.25, 0.3) is 0 Å². The summed E-state index contributed by atoms with van der Waals surface area (Å²) in [6, 6.07) is -0.497. The Balaban J connectivity index is 3.61. The Morgan fingerprint density at radius 1 is 1.45 bits per heavy atom. The number of hydrogen-bond acceptors (Lipinski definition) is 2. The molecular weight excluding hydrogens is 168 g/mol. The van der Waals surface area contributed by atoms with Crippen molar-refractivity contribution in [3.63, 3.8) is 0 Å². The number of carbonyl (C=O) groups excluding carboxylic acids is 2. The minimum Gasteiger partial charge on any atom is -0.336 e. The van der Waals surface area contributed by atoms with E-state index in [9.17, 15) is 9.59 Å². The molecule has 0 aromatic heterocycles. The molecule has 11 heavy (non-hydrogen) atoms. The van der Waals surface area contributed by atoms with E-state index in [-0.39, 0.29) is 11.9 Å². The van der Waals surface area contributed by atoms with Crippen LogP contribution in [-0.2, 0) is 4.79 Å². The van der Waals surface area contributed by atoms with Crippen molar-refractivity contribution in [2.45, 2.75) is 19.9 Å². The van der Waals surface area contributed by atoms with E-state index in [1.165, 1.54) is 0 Å². The van der Waals surface area contributed by atoms with Crippen molar-refractivity contribution < 1.29 is 9.59 Å². The molecule has 64 valence electrons. The van der Waals surface area contributed by atoms with Gasteiger partial charge in [-0.15, -0.1) is 11.6 Å². The number of urea groups is 1. The third-order valence-corrected chi connectivity index (χ3v) is 1.04. The Hall–Kier alpha value is -0.770. The highest BCUT2D eigenvalue weighted by atomic mass is 35.5. The molecule has 0 saturated heterocycles. The van der Waals surface area contributed by atoms with Crippen LogP contribution in [0.5, 0.6) is 0 Å². The second kappa shape index (κ2) is 4.96. The molecule has 0 aliphatic heterocycles. The van der Waals surface area contributed by atoms with E-state index < -0.39 is 11.9 Å². The molecule has 0 unspecified atom stereocenters. The maximum Gasteiger partial charge on any atom is 0.321 e. The lowest BCUT2D eigenvalue weighted by molar-refractivity contribution is -0.117. The zero-order valence-corrected chi connectivity index (χ0v) is 7.23. The molecule has 0 radical (unpaired) electrons. The molecule has 3 amide bonds. The number of nitrogens with one attached hydrogen (secondary N) is 2. The normalized spacial score (nSPS) is 9.45. The number of amides is 3. The first-order valence-corrected chi connectivity index (χ1v) is 3.76. The van der Waals surface area contributed by atoms with Crippen LogP contribution in [0.2, 0.25) is 0 Å². The second-order valence-corrected chi connectivity index (χ2v) is 2.58. The predicted octanol–water partition coefficient (Wildman–Crippen LogP) is 0.459. The van der Waals surface area contributed by atoms with Gasteiger partial charge in [0.15, 0.2) is 0 Å².